The highest BCUT2D eigenvalue weighted by Gasteiger charge is 2.37. The Kier molecular flexibility index (Phi) is 3.76. The molecule has 3 atom stereocenters. The van der Waals surface area contributed by atoms with Gasteiger partial charge in [0.1, 0.15) is 6.61 Å². The first kappa shape index (κ1) is 13.2. The van der Waals surface area contributed by atoms with Crippen LogP contribution in [0, 0.1) is 11.3 Å². The van der Waals surface area contributed by atoms with E-state index in [1.54, 1.807) is 20.8 Å². The lowest BCUT2D eigenvalue weighted by Crippen LogP contribution is -2.28. The Bertz CT molecular complexity index is 290. The molecule has 1 aliphatic rings. The number of esters is 1. The quantitative estimate of drug-likeness (QED) is 0.543. The van der Waals surface area contributed by atoms with E-state index in [2.05, 4.69) is 6.58 Å². The summed E-state index contributed by atoms with van der Waals surface area (Å²) < 4.78 is 5.11. The molecular formula is C12H20O4. The van der Waals surface area contributed by atoms with Crippen LogP contribution in [0.2, 0.25) is 0 Å². The smallest absolute Gasteiger partial charge is 0.311 e. The van der Waals surface area contributed by atoms with Crippen LogP contribution in [0.5, 0.6) is 0 Å². The fourth-order valence-corrected chi connectivity index (χ4v) is 1.64. The number of ether oxygens (including phenoxy) is 1. The summed E-state index contributed by atoms with van der Waals surface area (Å²) in [6.45, 7) is 9.10. The largest absolute Gasteiger partial charge is 0.465 e. The van der Waals surface area contributed by atoms with Crippen molar-refractivity contribution in [3.05, 3.63) is 12.2 Å². The summed E-state index contributed by atoms with van der Waals surface area (Å²) in [5.74, 6) is -0.657. The van der Waals surface area contributed by atoms with E-state index >= 15 is 0 Å². The van der Waals surface area contributed by atoms with E-state index < -0.39 is 17.6 Å². The average Bonchev–Trinajstić information content (AvgIpc) is 2.37. The first-order chi connectivity index (χ1) is 7.23. The van der Waals surface area contributed by atoms with Gasteiger partial charge in [-0.1, -0.05) is 6.58 Å². The molecule has 0 aromatic heterocycles. The fraction of sp³-hybridized carbons (Fsp3) is 0.750. The van der Waals surface area contributed by atoms with Crippen molar-refractivity contribution >= 4 is 5.97 Å². The van der Waals surface area contributed by atoms with E-state index in [9.17, 15) is 15.0 Å². The lowest BCUT2D eigenvalue weighted by molar-refractivity contribution is -0.154. The number of carbonyl (C=O) groups is 1. The third-order valence-corrected chi connectivity index (χ3v) is 2.84. The molecule has 0 aromatic rings. The summed E-state index contributed by atoms with van der Waals surface area (Å²) in [4.78, 5) is 11.5. The second-order valence-corrected chi connectivity index (χ2v) is 5.35. The van der Waals surface area contributed by atoms with E-state index in [0.29, 0.717) is 5.57 Å². The maximum atomic E-state index is 11.5. The lowest BCUT2D eigenvalue weighted by Gasteiger charge is -2.20. The van der Waals surface area contributed by atoms with Gasteiger partial charge >= 0.3 is 5.97 Å². The van der Waals surface area contributed by atoms with Crippen LogP contribution >= 0.6 is 0 Å². The molecule has 0 radical (unpaired) electrons. The highest BCUT2D eigenvalue weighted by atomic mass is 16.5. The predicted octanol–water partition coefficient (Wildman–Crippen LogP) is 0.874. The van der Waals surface area contributed by atoms with Gasteiger partial charge in [-0.15, -0.1) is 0 Å². The van der Waals surface area contributed by atoms with Gasteiger partial charge in [0.05, 0.1) is 17.6 Å². The number of rotatable bonds is 2. The molecule has 1 saturated carbocycles. The van der Waals surface area contributed by atoms with Crippen molar-refractivity contribution < 1.29 is 19.7 Å². The molecule has 0 aliphatic heterocycles. The third kappa shape index (κ3) is 2.83. The van der Waals surface area contributed by atoms with Gasteiger partial charge in [0.2, 0.25) is 0 Å². The summed E-state index contributed by atoms with van der Waals surface area (Å²) in [5.41, 5.74) is -0.00188. The summed E-state index contributed by atoms with van der Waals surface area (Å²) in [6.07, 6.45) is -1.08. The summed E-state index contributed by atoms with van der Waals surface area (Å²) in [7, 11) is 0. The molecule has 92 valence electrons. The second-order valence-electron chi connectivity index (χ2n) is 5.35. The van der Waals surface area contributed by atoms with Gasteiger partial charge in [-0.3, -0.25) is 4.79 Å². The SMILES string of the molecule is C=C1[C@H](O)C[C@H](O)[C@H]1COC(=O)C(C)(C)C. The van der Waals surface area contributed by atoms with Gasteiger partial charge in [0.15, 0.2) is 0 Å². The molecule has 0 saturated heterocycles. The highest BCUT2D eigenvalue weighted by Crippen LogP contribution is 2.31. The molecule has 0 heterocycles. The lowest BCUT2D eigenvalue weighted by atomic mass is 9.97. The third-order valence-electron chi connectivity index (χ3n) is 2.84. The monoisotopic (exact) mass is 228 g/mol. The number of hydrogen-bond acceptors (Lipinski definition) is 4. The maximum Gasteiger partial charge on any atom is 0.311 e. The van der Waals surface area contributed by atoms with Crippen LogP contribution in [0.3, 0.4) is 0 Å². The van der Waals surface area contributed by atoms with E-state index in [1.807, 2.05) is 0 Å². The van der Waals surface area contributed by atoms with E-state index in [1.165, 1.54) is 0 Å². The van der Waals surface area contributed by atoms with Gasteiger partial charge in [0, 0.05) is 12.3 Å². The number of aliphatic hydroxyl groups is 2. The van der Waals surface area contributed by atoms with Gasteiger partial charge in [0.25, 0.3) is 0 Å². The van der Waals surface area contributed by atoms with E-state index in [-0.39, 0.29) is 24.9 Å². The van der Waals surface area contributed by atoms with Crippen molar-refractivity contribution in [2.24, 2.45) is 11.3 Å². The molecule has 0 spiro atoms. The summed E-state index contributed by atoms with van der Waals surface area (Å²) >= 11 is 0. The zero-order valence-electron chi connectivity index (χ0n) is 10.1. The Balaban J connectivity index is 2.50. The number of hydrogen-bond donors (Lipinski definition) is 2. The fourth-order valence-electron chi connectivity index (χ4n) is 1.64. The van der Waals surface area contributed by atoms with Crippen LogP contribution in [0.15, 0.2) is 12.2 Å². The van der Waals surface area contributed by atoms with Gasteiger partial charge in [-0.2, -0.15) is 0 Å². The first-order valence-electron chi connectivity index (χ1n) is 5.45. The Morgan fingerprint density at radius 1 is 1.50 bits per heavy atom. The highest BCUT2D eigenvalue weighted by molar-refractivity contribution is 5.75. The molecule has 4 nitrogen and oxygen atoms in total. The van der Waals surface area contributed by atoms with Crippen molar-refractivity contribution in [2.45, 2.75) is 39.4 Å². The minimum absolute atomic E-state index is 0.0904. The summed E-state index contributed by atoms with van der Waals surface area (Å²) in [5, 5.41) is 19.1. The van der Waals surface area contributed by atoms with E-state index in [0.717, 1.165) is 0 Å². The minimum Gasteiger partial charge on any atom is -0.465 e. The molecule has 16 heavy (non-hydrogen) atoms. The molecule has 4 heteroatoms. The minimum atomic E-state index is -0.687. The van der Waals surface area contributed by atoms with Crippen LogP contribution in [0.4, 0.5) is 0 Å². The van der Waals surface area contributed by atoms with E-state index in [4.69, 9.17) is 4.74 Å². The zero-order valence-corrected chi connectivity index (χ0v) is 10.1. The second kappa shape index (κ2) is 4.55. The maximum absolute atomic E-state index is 11.5. The normalized spacial score (nSPS) is 30.6. The van der Waals surface area contributed by atoms with Crippen molar-refractivity contribution in [3.63, 3.8) is 0 Å². The van der Waals surface area contributed by atoms with Crippen LogP contribution in [0.25, 0.3) is 0 Å². The Hall–Kier alpha value is -0.870. The Morgan fingerprint density at radius 2 is 2.06 bits per heavy atom. The Labute approximate surface area is 95.9 Å². The number of aliphatic hydroxyl groups excluding tert-OH is 2. The van der Waals surface area contributed by atoms with Crippen molar-refractivity contribution in [1.82, 2.24) is 0 Å². The van der Waals surface area contributed by atoms with Crippen molar-refractivity contribution in [1.29, 1.82) is 0 Å². The Morgan fingerprint density at radius 3 is 2.44 bits per heavy atom. The van der Waals surface area contributed by atoms with Crippen LogP contribution < -0.4 is 0 Å². The van der Waals surface area contributed by atoms with Gasteiger partial charge in [-0.05, 0) is 26.3 Å². The van der Waals surface area contributed by atoms with Crippen molar-refractivity contribution in [3.8, 4) is 0 Å². The topological polar surface area (TPSA) is 66.8 Å². The van der Waals surface area contributed by atoms with Crippen molar-refractivity contribution in [2.75, 3.05) is 6.61 Å². The molecule has 0 unspecified atom stereocenters. The summed E-state index contributed by atoms with van der Waals surface area (Å²) in [6, 6.07) is 0. The van der Waals surface area contributed by atoms with Gasteiger partial charge < -0.3 is 14.9 Å². The molecule has 1 rings (SSSR count). The molecule has 1 aliphatic carbocycles. The molecule has 0 aromatic carbocycles. The van der Waals surface area contributed by atoms with Gasteiger partial charge in [-0.25, -0.2) is 0 Å². The first-order valence-corrected chi connectivity index (χ1v) is 5.45. The van der Waals surface area contributed by atoms with Crippen LogP contribution in [0.1, 0.15) is 27.2 Å². The molecular weight excluding hydrogens is 208 g/mol. The standard InChI is InChI=1S/C12H20O4/c1-7-8(10(14)5-9(7)13)6-16-11(15)12(2,3)4/h8-10,13-14H,1,5-6H2,2-4H3/t8-,9+,10-/m0/s1. The molecule has 1 fully saturated rings. The predicted molar refractivity (Wildman–Crippen MR) is 59.7 cm³/mol. The van der Waals surface area contributed by atoms with Crippen LogP contribution in [-0.4, -0.2) is 35.0 Å². The molecule has 2 N–H and O–H groups in total. The molecule has 0 bridgehead atoms. The average molecular weight is 228 g/mol. The molecule has 0 amide bonds. The number of carbonyl (C=O) groups excluding carboxylic acids is 1. The zero-order chi connectivity index (χ0) is 12.5. The van der Waals surface area contributed by atoms with Crippen LogP contribution in [-0.2, 0) is 9.53 Å².